The number of aliphatic carboxylic acids is 1. The average molecular weight is 493 g/mol. The van der Waals surface area contributed by atoms with Crippen LogP contribution in [0.15, 0.2) is 30.5 Å². The Hall–Kier alpha value is -2.80. The lowest BCUT2D eigenvalue weighted by Gasteiger charge is -2.46. The zero-order valence-electron chi connectivity index (χ0n) is 22.1. The third-order valence-corrected chi connectivity index (χ3v) is 8.58. The summed E-state index contributed by atoms with van der Waals surface area (Å²) < 4.78 is 0. The van der Waals surface area contributed by atoms with Crippen LogP contribution in [0.4, 0.5) is 4.79 Å². The Morgan fingerprint density at radius 1 is 1.06 bits per heavy atom. The molecule has 1 unspecified atom stereocenters. The molecular weight excluding hydrogens is 452 g/mol. The number of carbonyl (C=O) groups is 2. The van der Waals surface area contributed by atoms with Crippen molar-refractivity contribution in [2.24, 2.45) is 5.92 Å². The fourth-order valence-corrected chi connectivity index (χ4v) is 7.16. The normalized spacial score (nSPS) is 25.0. The number of aromatic amines is 1. The number of benzene rings is 1. The topological polar surface area (TPSA) is 79.9 Å². The van der Waals surface area contributed by atoms with Gasteiger partial charge in [0.25, 0.3) is 0 Å². The molecule has 1 aromatic carbocycles. The molecule has 0 spiro atoms. The molecular formula is C29H40N4O3. The van der Waals surface area contributed by atoms with Gasteiger partial charge in [-0.15, -0.1) is 0 Å². The van der Waals surface area contributed by atoms with Gasteiger partial charge < -0.3 is 15.0 Å². The highest BCUT2D eigenvalue weighted by atomic mass is 16.4. The number of fused-ring (bicyclic) bond motifs is 3. The smallest absolute Gasteiger partial charge is 0.339 e. The lowest BCUT2D eigenvalue weighted by molar-refractivity contribution is -0.130. The summed E-state index contributed by atoms with van der Waals surface area (Å²) in [5.41, 5.74) is 2.18. The highest BCUT2D eigenvalue weighted by Gasteiger charge is 2.46. The Morgan fingerprint density at radius 3 is 2.47 bits per heavy atom. The van der Waals surface area contributed by atoms with Crippen molar-refractivity contribution in [3.8, 4) is 0 Å². The summed E-state index contributed by atoms with van der Waals surface area (Å²) in [6, 6.07) is 8.10. The van der Waals surface area contributed by atoms with E-state index in [9.17, 15) is 14.7 Å². The second-order valence-corrected chi connectivity index (χ2v) is 11.7. The number of hydrogen-bond donors (Lipinski definition) is 2. The number of piperidine rings is 2. The van der Waals surface area contributed by atoms with Crippen molar-refractivity contribution in [2.75, 3.05) is 26.2 Å². The Balaban J connectivity index is 1.56. The largest absolute Gasteiger partial charge is 0.478 e. The SMILES string of the molecule is CC(C)C1N(C(=O)N2CCC[C@@H](N3CCCCC3)C2)C=C(C(=O)O)c2[nH]c3ccccc3c2C1(C)C. The average Bonchev–Trinajstić information content (AvgIpc) is 3.21. The molecule has 3 aliphatic rings. The van der Waals surface area contributed by atoms with Gasteiger partial charge in [-0.2, -0.15) is 0 Å². The zero-order chi connectivity index (χ0) is 25.6. The van der Waals surface area contributed by atoms with Crippen LogP contribution in [0.25, 0.3) is 16.5 Å². The summed E-state index contributed by atoms with van der Waals surface area (Å²) in [4.78, 5) is 36.5. The molecule has 36 heavy (non-hydrogen) atoms. The number of hydrogen-bond acceptors (Lipinski definition) is 3. The van der Waals surface area contributed by atoms with Crippen LogP contribution in [0.3, 0.4) is 0 Å². The first-order valence-electron chi connectivity index (χ1n) is 13.6. The van der Waals surface area contributed by atoms with E-state index < -0.39 is 11.4 Å². The standard InChI is InChI=1S/C29H40N4O3/c1-19(2)26-29(3,4)24-21-12-6-7-13-23(21)30-25(24)22(27(34)35)18-33(26)28(36)32-16-10-11-20(17-32)31-14-8-5-9-15-31/h6-7,12-13,18-20,26,30H,5,8-11,14-17H2,1-4H3,(H,34,35)/t20-,26?/m1/s1. The Labute approximate surface area is 214 Å². The lowest BCUT2D eigenvalue weighted by Crippen LogP contribution is -2.58. The Morgan fingerprint density at radius 2 is 1.78 bits per heavy atom. The summed E-state index contributed by atoms with van der Waals surface area (Å²) in [5.74, 6) is -0.900. The minimum Gasteiger partial charge on any atom is -0.478 e. The van der Waals surface area contributed by atoms with Gasteiger partial charge in [-0.25, -0.2) is 9.59 Å². The number of H-pyrrole nitrogens is 1. The number of nitrogens with zero attached hydrogens (tertiary/aromatic N) is 3. The molecule has 7 nitrogen and oxygen atoms in total. The molecule has 2 fully saturated rings. The van der Waals surface area contributed by atoms with Gasteiger partial charge in [-0.3, -0.25) is 9.80 Å². The molecule has 5 rings (SSSR count). The highest BCUT2D eigenvalue weighted by molar-refractivity contribution is 6.17. The van der Waals surface area contributed by atoms with Crippen molar-refractivity contribution < 1.29 is 14.7 Å². The van der Waals surface area contributed by atoms with Crippen molar-refractivity contribution in [2.45, 2.75) is 77.3 Å². The number of amides is 2. The van der Waals surface area contributed by atoms with Gasteiger partial charge in [0, 0.05) is 47.7 Å². The number of carboxylic acid groups (broad SMARTS) is 1. The maximum atomic E-state index is 14.2. The molecule has 0 aliphatic carbocycles. The molecule has 3 aliphatic heterocycles. The molecule has 2 saturated heterocycles. The van der Waals surface area contributed by atoms with Crippen LogP contribution in [-0.4, -0.2) is 75.1 Å². The van der Waals surface area contributed by atoms with E-state index >= 15 is 0 Å². The number of carbonyl (C=O) groups excluding carboxylic acids is 1. The number of rotatable bonds is 3. The highest BCUT2D eigenvalue weighted by Crippen LogP contribution is 2.45. The van der Waals surface area contributed by atoms with Crippen molar-refractivity contribution in [3.05, 3.63) is 41.7 Å². The molecule has 0 saturated carbocycles. The summed E-state index contributed by atoms with van der Waals surface area (Å²) in [5, 5.41) is 11.3. The van der Waals surface area contributed by atoms with E-state index in [1.165, 1.54) is 19.3 Å². The van der Waals surface area contributed by atoms with E-state index in [1.807, 2.05) is 23.1 Å². The minimum atomic E-state index is -1.02. The van der Waals surface area contributed by atoms with Gasteiger partial charge in [-0.05, 0) is 56.3 Å². The van der Waals surface area contributed by atoms with Crippen LogP contribution in [0.2, 0.25) is 0 Å². The molecule has 4 heterocycles. The fourth-order valence-electron chi connectivity index (χ4n) is 7.16. The third kappa shape index (κ3) is 4.21. The van der Waals surface area contributed by atoms with Gasteiger partial charge >= 0.3 is 12.0 Å². The van der Waals surface area contributed by atoms with E-state index in [2.05, 4.69) is 43.6 Å². The van der Waals surface area contributed by atoms with Gasteiger partial charge in [-0.1, -0.05) is 52.3 Å². The second-order valence-electron chi connectivity index (χ2n) is 11.7. The van der Waals surface area contributed by atoms with Gasteiger partial charge in [0.15, 0.2) is 0 Å². The zero-order valence-corrected chi connectivity index (χ0v) is 22.1. The second kappa shape index (κ2) is 9.58. The first-order valence-corrected chi connectivity index (χ1v) is 13.6. The lowest BCUT2D eigenvalue weighted by atomic mass is 9.72. The summed E-state index contributed by atoms with van der Waals surface area (Å²) in [6.07, 6.45) is 7.48. The summed E-state index contributed by atoms with van der Waals surface area (Å²) in [6.45, 7) is 12.2. The number of aromatic nitrogens is 1. The van der Waals surface area contributed by atoms with E-state index in [0.717, 1.165) is 48.9 Å². The summed E-state index contributed by atoms with van der Waals surface area (Å²) in [7, 11) is 0. The Kier molecular flexibility index (Phi) is 6.62. The molecule has 0 bridgehead atoms. The van der Waals surface area contributed by atoms with Crippen molar-refractivity contribution in [3.63, 3.8) is 0 Å². The van der Waals surface area contributed by atoms with E-state index in [1.54, 1.807) is 11.1 Å². The molecule has 2 aromatic rings. The van der Waals surface area contributed by atoms with Gasteiger partial charge in [0.1, 0.15) is 0 Å². The number of likely N-dealkylation sites (tertiary alicyclic amines) is 2. The van der Waals surface area contributed by atoms with Gasteiger partial charge in [0.05, 0.1) is 11.3 Å². The van der Waals surface area contributed by atoms with E-state index in [-0.39, 0.29) is 23.6 Å². The monoisotopic (exact) mass is 492 g/mol. The maximum absolute atomic E-state index is 14.2. The number of nitrogens with one attached hydrogen (secondary N) is 1. The van der Waals surface area contributed by atoms with E-state index in [4.69, 9.17) is 0 Å². The van der Waals surface area contributed by atoms with Crippen molar-refractivity contribution in [1.29, 1.82) is 0 Å². The molecule has 1 aromatic heterocycles. The van der Waals surface area contributed by atoms with Crippen LogP contribution in [0, 0.1) is 5.92 Å². The van der Waals surface area contributed by atoms with Crippen LogP contribution in [-0.2, 0) is 10.2 Å². The maximum Gasteiger partial charge on any atom is 0.339 e. The third-order valence-electron chi connectivity index (χ3n) is 8.58. The van der Waals surface area contributed by atoms with E-state index in [0.29, 0.717) is 18.3 Å². The number of carboxylic acids is 1. The van der Waals surface area contributed by atoms with Crippen LogP contribution in [0.5, 0.6) is 0 Å². The first kappa shape index (κ1) is 24.9. The molecule has 2 amide bonds. The number of urea groups is 1. The summed E-state index contributed by atoms with van der Waals surface area (Å²) >= 11 is 0. The van der Waals surface area contributed by atoms with Crippen molar-refractivity contribution in [1.82, 2.24) is 19.7 Å². The van der Waals surface area contributed by atoms with Crippen molar-refractivity contribution >= 4 is 28.5 Å². The number of para-hydroxylation sites is 1. The molecule has 2 atom stereocenters. The minimum absolute atomic E-state index is 0.0725. The van der Waals surface area contributed by atoms with Crippen LogP contribution >= 0.6 is 0 Å². The van der Waals surface area contributed by atoms with Gasteiger partial charge in [0.2, 0.25) is 0 Å². The predicted molar refractivity (Wildman–Crippen MR) is 143 cm³/mol. The fraction of sp³-hybridized carbons (Fsp3) is 0.586. The molecule has 194 valence electrons. The molecule has 7 heteroatoms. The molecule has 0 radical (unpaired) electrons. The first-order chi connectivity index (χ1) is 17.2. The predicted octanol–water partition coefficient (Wildman–Crippen LogP) is 5.28. The van der Waals surface area contributed by atoms with Crippen LogP contribution in [0.1, 0.15) is 71.1 Å². The Bertz CT molecular complexity index is 1170. The quantitative estimate of drug-likeness (QED) is 0.611. The molecule has 2 N–H and O–H groups in total. The van der Waals surface area contributed by atoms with Crippen LogP contribution < -0.4 is 0 Å².